The highest BCUT2D eigenvalue weighted by atomic mass is 32.1. The van der Waals surface area contributed by atoms with Crippen molar-refractivity contribution in [2.45, 2.75) is 39.0 Å². The molecule has 5 heteroatoms. The molecule has 0 spiro atoms. The van der Waals surface area contributed by atoms with Gasteiger partial charge < -0.3 is 9.84 Å². The molecule has 1 atom stereocenters. The Morgan fingerprint density at radius 1 is 1.61 bits per heavy atom. The summed E-state index contributed by atoms with van der Waals surface area (Å²) in [5.74, 6) is -0.771. The summed E-state index contributed by atoms with van der Waals surface area (Å²) in [7, 11) is 0. The van der Waals surface area contributed by atoms with E-state index in [1.54, 1.807) is 11.3 Å². The molecule has 1 N–H and O–H groups in total. The number of aromatic nitrogens is 1. The van der Waals surface area contributed by atoms with Crippen LogP contribution in [0.2, 0.25) is 0 Å². The van der Waals surface area contributed by atoms with Crippen LogP contribution >= 0.6 is 11.3 Å². The molecule has 0 aromatic carbocycles. The van der Waals surface area contributed by atoms with E-state index in [2.05, 4.69) is 25.8 Å². The molecule has 4 nitrogen and oxygen atoms in total. The van der Waals surface area contributed by atoms with Crippen molar-refractivity contribution >= 4 is 17.3 Å². The van der Waals surface area contributed by atoms with E-state index < -0.39 is 11.4 Å². The number of carbonyl (C=O) groups is 1. The van der Waals surface area contributed by atoms with Crippen LogP contribution in [0.5, 0.6) is 0 Å². The maximum atomic E-state index is 11.4. The van der Waals surface area contributed by atoms with E-state index in [4.69, 9.17) is 4.74 Å². The summed E-state index contributed by atoms with van der Waals surface area (Å²) in [4.78, 5) is 16.0. The fourth-order valence-electron chi connectivity index (χ4n) is 2.02. The normalized spacial score (nSPS) is 24.4. The third-order valence-electron chi connectivity index (χ3n) is 3.37. The van der Waals surface area contributed by atoms with Crippen LogP contribution in [-0.4, -0.2) is 29.3 Å². The number of nitrogens with zero attached hydrogens (tertiary/aromatic N) is 1. The van der Waals surface area contributed by atoms with E-state index in [1.165, 1.54) is 0 Å². The summed E-state index contributed by atoms with van der Waals surface area (Å²) in [6, 6.07) is 0. The van der Waals surface area contributed by atoms with Gasteiger partial charge in [0.25, 0.3) is 0 Å². The third kappa shape index (κ3) is 2.57. The molecule has 1 saturated heterocycles. The molecule has 1 unspecified atom stereocenters. The first-order chi connectivity index (χ1) is 8.33. The molecule has 0 bridgehead atoms. The molecule has 2 heterocycles. The predicted octanol–water partition coefficient (Wildman–Crippen LogP) is 2.47. The minimum atomic E-state index is -0.771. The Hall–Kier alpha value is -0.940. The van der Waals surface area contributed by atoms with Gasteiger partial charge in [-0.1, -0.05) is 20.8 Å². The van der Waals surface area contributed by atoms with Gasteiger partial charge in [-0.2, -0.15) is 0 Å². The number of hydrogen-bond acceptors (Lipinski definition) is 4. The molecule has 18 heavy (non-hydrogen) atoms. The van der Waals surface area contributed by atoms with Gasteiger partial charge >= 0.3 is 5.97 Å². The Labute approximate surface area is 111 Å². The average Bonchev–Trinajstić information content (AvgIpc) is 2.86. The van der Waals surface area contributed by atoms with Gasteiger partial charge in [0.1, 0.15) is 0 Å². The van der Waals surface area contributed by atoms with Crippen LogP contribution in [0, 0.1) is 5.41 Å². The molecule has 1 fully saturated rings. The Morgan fingerprint density at radius 3 is 2.78 bits per heavy atom. The molecule has 1 aliphatic heterocycles. The quantitative estimate of drug-likeness (QED) is 0.915. The zero-order valence-corrected chi connectivity index (χ0v) is 11.8. The number of ether oxygens (including phenoxy) is 1. The van der Waals surface area contributed by atoms with Crippen molar-refractivity contribution in [2.75, 3.05) is 13.2 Å². The highest BCUT2D eigenvalue weighted by Crippen LogP contribution is 2.35. The second-order valence-electron chi connectivity index (χ2n) is 5.94. The molecular weight excluding hydrogens is 250 g/mol. The second kappa shape index (κ2) is 4.63. The van der Waals surface area contributed by atoms with Crippen LogP contribution in [0.4, 0.5) is 0 Å². The van der Waals surface area contributed by atoms with Gasteiger partial charge in [-0.05, 0) is 6.42 Å². The van der Waals surface area contributed by atoms with Gasteiger partial charge in [0, 0.05) is 23.8 Å². The van der Waals surface area contributed by atoms with E-state index >= 15 is 0 Å². The molecule has 1 aromatic heterocycles. The largest absolute Gasteiger partial charge is 0.481 e. The summed E-state index contributed by atoms with van der Waals surface area (Å²) in [6.45, 7) is 7.16. The van der Waals surface area contributed by atoms with Gasteiger partial charge in [-0.3, -0.25) is 4.79 Å². The standard InChI is InChI=1S/C13H19NO3S/c1-12(2,3)9-7-18-10(14-9)6-13(11(15)16)4-5-17-8-13/h7H,4-6,8H2,1-3H3,(H,15,16). The summed E-state index contributed by atoms with van der Waals surface area (Å²) >= 11 is 1.55. The zero-order chi connectivity index (χ0) is 13.4. The SMILES string of the molecule is CC(C)(C)c1csc(CC2(C(=O)O)CCOC2)n1. The molecule has 1 aliphatic rings. The lowest BCUT2D eigenvalue weighted by molar-refractivity contribution is -0.148. The topological polar surface area (TPSA) is 59.4 Å². The first kappa shape index (κ1) is 13.5. The first-order valence-corrected chi connectivity index (χ1v) is 6.97. The van der Waals surface area contributed by atoms with Crippen molar-refractivity contribution in [1.82, 2.24) is 4.98 Å². The number of carboxylic acid groups (broad SMARTS) is 1. The van der Waals surface area contributed by atoms with Gasteiger partial charge in [0.15, 0.2) is 0 Å². The minimum Gasteiger partial charge on any atom is -0.481 e. The molecule has 100 valence electrons. The van der Waals surface area contributed by atoms with Crippen molar-refractivity contribution in [3.05, 3.63) is 16.1 Å². The lowest BCUT2D eigenvalue weighted by Crippen LogP contribution is -2.33. The molecular formula is C13H19NO3S. The Morgan fingerprint density at radius 2 is 2.33 bits per heavy atom. The highest BCUT2D eigenvalue weighted by Gasteiger charge is 2.43. The van der Waals surface area contributed by atoms with Gasteiger partial charge in [0.2, 0.25) is 0 Å². The van der Waals surface area contributed by atoms with Gasteiger partial charge in [0.05, 0.1) is 22.7 Å². The number of carboxylic acids is 1. The summed E-state index contributed by atoms with van der Waals surface area (Å²) < 4.78 is 5.26. The molecule has 1 aromatic rings. The lowest BCUT2D eigenvalue weighted by atomic mass is 9.84. The summed E-state index contributed by atoms with van der Waals surface area (Å²) in [6.07, 6.45) is 1.05. The summed E-state index contributed by atoms with van der Waals surface area (Å²) in [5.41, 5.74) is 0.270. The van der Waals surface area contributed by atoms with Crippen LogP contribution in [0.3, 0.4) is 0 Å². The van der Waals surface area contributed by atoms with Crippen LogP contribution in [-0.2, 0) is 21.4 Å². The van der Waals surface area contributed by atoms with E-state index in [0.29, 0.717) is 26.1 Å². The van der Waals surface area contributed by atoms with Crippen LogP contribution in [0.25, 0.3) is 0 Å². The fraction of sp³-hybridized carbons (Fsp3) is 0.692. The van der Waals surface area contributed by atoms with E-state index in [0.717, 1.165) is 10.7 Å². The number of thiazole rings is 1. The van der Waals surface area contributed by atoms with Crippen molar-refractivity contribution in [3.63, 3.8) is 0 Å². The predicted molar refractivity (Wildman–Crippen MR) is 70.0 cm³/mol. The maximum Gasteiger partial charge on any atom is 0.312 e. The third-order valence-corrected chi connectivity index (χ3v) is 4.22. The maximum absolute atomic E-state index is 11.4. The van der Waals surface area contributed by atoms with Crippen LogP contribution < -0.4 is 0 Å². The molecule has 0 radical (unpaired) electrons. The number of hydrogen-bond donors (Lipinski definition) is 1. The van der Waals surface area contributed by atoms with Crippen molar-refractivity contribution in [3.8, 4) is 0 Å². The average molecular weight is 269 g/mol. The van der Waals surface area contributed by atoms with E-state index in [1.807, 2.05) is 5.38 Å². The molecule has 0 amide bonds. The highest BCUT2D eigenvalue weighted by molar-refractivity contribution is 7.09. The smallest absolute Gasteiger partial charge is 0.312 e. The Kier molecular flexibility index (Phi) is 3.47. The summed E-state index contributed by atoms with van der Waals surface area (Å²) in [5, 5.41) is 12.3. The van der Waals surface area contributed by atoms with Crippen molar-refractivity contribution in [1.29, 1.82) is 0 Å². The molecule has 2 rings (SSSR count). The Balaban J connectivity index is 2.18. The zero-order valence-electron chi connectivity index (χ0n) is 11.0. The van der Waals surface area contributed by atoms with Crippen LogP contribution in [0.1, 0.15) is 37.9 Å². The first-order valence-electron chi connectivity index (χ1n) is 6.10. The lowest BCUT2D eigenvalue weighted by Gasteiger charge is -2.20. The minimum absolute atomic E-state index is 0.0112. The van der Waals surface area contributed by atoms with Crippen molar-refractivity contribution in [2.24, 2.45) is 5.41 Å². The fourth-order valence-corrected chi connectivity index (χ4v) is 3.18. The Bertz CT molecular complexity index is 441. The number of aliphatic carboxylic acids is 1. The van der Waals surface area contributed by atoms with E-state index in [9.17, 15) is 9.90 Å². The monoisotopic (exact) mass is 269 g/mol. The number of rotatable bonds is 3. The van der Waals surface area contributed by atoms with E-state index in [-0.39, 0.29) is 5.41 Å². The van der Waals surface area contributed by atoms with Gasteiger partial charge in [-0.25, -0.2) is 4.98 Å². The van der Waals surface area contributed by atoms with Gasteiger partial charge in [-0.15, -0.1) is 11.3 Å². The van der Waals surface area contributed by atoms with Crippen molar-refractivity contribution < 1.29 is 14.6 Å². The molecule has 0 saturated carbocycles. The molecule has 0 aliphatic carbocycles. The second-order valence-corrected chi connectivity index (χ2v) is 6.88. The van der Waals surface area contributed by atoms with Crippen LogP contribution in [0.15, 0.2) is 5.38 Å².